The molecule has 11 atom stereocenters. The lowest BCUT2D eigenvalue weighted by atomic mass is 9.48. The van der Waals surface area contributed by atoms with E-state index in [0.29, 0.717) is 40.7 Å². The third-order valence-electron chi connectivity index (χ3n) is 16.2. The quantitative estimate of drug-likeness (QED) is 0.0863. The van der Waals surface area contributed by atoms with Crippen LogP contribution in [0.5, 0.6) is 0 Å². The lowest BCUT2D eigenvalue weighted by molar-refractivity contribution is -0.246. The molecule has 0 unspecified atom stereocenters. The predicted molar refractivity (Wildman–Crippen MR) is 244 cm³/mol. The van der Waals surface area contributed by atoms with Gasteiger partial charge in [0.05, 0.1) is 23.3 Å². The number of hydrogen-bond acceptors (Lipinski definition) is 10. The van der Waals surface area contributed by atoms with Gasteiger partial charge in [-0.05, 0) is 105 Å². The largest absolute Gasteiger partial charge is 0.456 e. The molecule has 3 N–H and O–H groups in total. The summed E-state index contributed by atoms with van der Waals surface area (Å²) in [6.07, 6.45) is -3.16. The highest BCUT2D eigenvalue weighted by Gasteiger charge is 2.77. The molecule has 0 spiro atoms. The molecule has 12 heteroatoms. The van der Waals surface area contributed by atoms with Crippen LogP contribution in [0.25, 0.3) is 0 Å². The molecule has 1 heterocycles. The maximum absolute atomic E-state index is 15.5. The lowest BCUT2D eigenvalue weighted by Crippen LogP contribution is -2.71. The Morgan fingerprint density at radius 2 is 1.38 bits per heavy atom. The monoisotopic (exact) mass is 893 g/mol. The molecule has 3 aromatic carbocycles. The fraction of sp³-hybridized carbons (Fsp3) is 0.558. The fourth-order valence-corrected chi connectivity index (χ4v) is 14.9. The molecular weight excluding hydrogens is 827 g/mol. The predicted octanol–water partition coefficient (Wildman–Crippen LogP) is 8.86. The first-order chi connectivity index (χ1) is 30.3. The van der Waals surface area contributed by atoms with Gasteiger partial charge in [-0.25, -0.2) is 9.59 Å². The molecule has 3 aromatic rings. The van der Waals surface area contributed by atoms with Crippen molar-refractivity contribution in [2.24, 2.45) is 22.7 Å². The van der Waals surface area contributed by atoms with Gasteiger partial charge in [0.25, 0.3) is 5.91 Å². The van der Waals surface area contributed by atoms with Crippen molar-refractivity contribution in [2.45, 2.75) is 160 Å². The van der Waals surface area contributed by atoms with E-state index in [1.165, 1.54) is 0 Å². The summed E-state index contributed by atoms with van der Waals surface area (Å²) in [5, 5.41) is 29.8. The van der Waals surface area contributed by atoms with Crippen LogP contribution in [-0.2, 0) is 28.2 Å². The number of carbonyl (C=O) groups excluding carboxylic acids is 3. The minimum absolute atomic E-state index is 0.0450. The Balaban J connectivity index is 1.27. The normalized spacial score (nSPS) is 33.2. The first-order valence-corrected chi connectivity index (χ1v) is 25.9. The zero-order valence-electron chi connectivity index (χ0n) is 38.9. The Kier molecular flexibility index (Phi) is 12.3. The van der Waals surface area contributed by atoms with E-state index in [0.717, 1.165) is 24.6 Å². The van der Waals surface area contributed by atoms with Crippen LogP contribution in [0.15, 0.2) is 102 Å². The van der Waals surface area contributed by atoms with Crippen molar-refractivity contribution in [2.75, 3.05) is 0 Å². The van der Waals surface area contributed by atoms with Gasteiger partial charge in [-0.3, -0.25) is 4.79 Å². The zero-order valence-corrected chi connectivity index (χ0v) is 39.9. The fourth-order valence-electron chi connectivity index (χ4n) is 12.2. The summed E-state index contributed by atoms with van der Waals surface area (Å²) in [7, 11) is -2.60. The van der Waals surface area contributed by atoms with Gasteiger partial charge in [0.2, 0.25) is 0 Å². The number of amides is 1. The van der Waals surface area contributed by atoms with E-state index < -0.39 is 90.6 Å². The number of hydrogen-bond donors (Lipinski definition) is 3. The molecule has 1 aliphatic heterocycles. The number of carbonyl (C=O) groups is 3. The third-order valence-corrected chi connectivity index (χ3v) is 20.8. The van der Waals surface area contributed by atoms with E-state index in [1.807, 2.05) is 77.1 Å². The number of nitrogens with one attached hydrogen (secondary N) is 1. The first-order valence-electron chi connectivity index (χ1n) is 23.3. The van der Waals surface area contributed by atoms with Crippen LogP contribution < -0.4 is 5.32 Å². The van der Waals surface area contributed by atoms with E-state index in [2.05, 4.69) is 33.0 Å². The molecule has 3 saturated carbocycles. The second-order valence-corrected chi connectivity index (χ2v) is 25.1. The second kappa shape index (κ2) is 16.9. The topological polar surface area (TPSA) is 150 Å². The summed E-state index contributed by atoms with van der Waals surface area (Å²) in [4.78, 5) is 43.9. The van der Waals surface area contributed by atoms with Crippen LogP contribution in [-0.4, -0.2) is 83.9 Å². The van der Waals surface area contributed by atoms with Crippen LogP contribution in [0.2, 0.25) is 18.1 Å². The van der Waals surface area contributed by atoms with Crippen molar-refractivity contribution >= 4 is 26.2 Å². The molecule has 2 bridgehead atoms. The summed E-state index contributed by atoms with van der Waals surface area (Å²) in [5.41, 5.74) is -2.32. The van der Waals surface area contributed by atoms with Gasteiger partial charge in [0.1, 0.15) is 23.9 Å². The minimum atomic E-state index is -2.60. The van der Waals surface area contributed by atoms with Gasteiger partial charge in [-0.1, -0.05) is 108 Å². The summed E-state index contributed by atoms with van der Waals surface area (Å²) in [5.74, 6) is -3.56. The van der Waals surface area contributed by atoms with Gasteiger partial charge in [-0.15, -0.1) is 0 Å². The highest BCUT2D eigenvalue weighted by atomic mass is 28.4. The summed E-state index contributed by atoms with van der Waals surface area (Å²) in [6.45, 7) is 17.9. The van der Waals surface area contributed by atoms with Gasteiger partial charge >= 0.3 is 11.9 Å². The number of benzene rings is 3. The molecule has 64 heavy (non-hydrogen) atoms. The first kappa shape index (κ1) is 46.4. The summed E-state index contributed by atoms with van der Waals surface area (Å²) in [6, 6.07) is 28.1. The number of esters is 2. The van der Waals surface area contributed by atoms with Crippen molar-refractivity contribution in [3.05, 3.63) is 119 Å². The number of fused-ring (bicyclic) bond motifs is 8. The van der Waals surface area contributed by atoms with E-state index in [1.54, 1.807) is 48.5 Å². The molecule has 4 fully saturated rings. The number of rotatable bonds is 13. The van der Waals surface area contributed by atoms with Gasteiger partial charge < -0.3 is 38.9 Å². The van der Waals surface area contributed by atoms with E-state index in [-0.39, 0.29) is 18.2 Å². The van der Waals surface area contributed by atoms with Gasteiger partial charge in [0.15, 0.2) is 20.2 Å². The SMILES string of the molecule is CC[Si](CC)(CC)O[C@@H](C(=O)O[C@H]1C[C@@]2(O)[C@@H](OC(=O)c3ccccc3)[C@H]3[C@@](C)(CC[C@@H]4C[C@@]43O)[C@H]3OC(C)(C)O[C@@H]3C(=C1C)C2(C)C)[C@@H](NC(=O)c1ccccc1)c1ccccc1. The van der Waals surface area contributed by atoms with E-state index in [9.17, 15) is 19.8 Å². The summed E-state index contributed by atoms with van der Waals surface area (Å²) >= 11 is 0. The Morgan fingerprint density at radius 1 is 0.797 bits per heavy atom. The third kappa shape index (κ3) is 7.79. The molecule has 8 rings (SSSR count). The molecular formula is C52H67NO10Si. The highest BCUT2D eigenvalue weighted by molar-refractivity contribution is 6.73. The summed E-state index contributed by atoms with van der Waals surface area (Å²) < 4.78 is 34.4. The van der Waals surface area contributed by atoms with Crippen molar-refractivity contribution in [3.63, 3.8) is 0 Å². The maximum Gasteiger partial charge on any atom is 0.338 e. The molecule has 4 aliphatic carbocycles. The Hall–Kier alpha value is -4.17. The highest BCUT2D eigenvalue weighted by Crippen LogP contribution is 2.71. The lowest BCUT2D eigenvalue weighted by Gasteiger charge is -2.62. The molecule has 1 amide bonds. The van der Waals surface area contributed by atoms with Crippen molar-refractivity contribution in [1.82, 2.24) is 5.32 Å². The smallest absolute Gasteiger partial charge is 0.338 e. The average molecular weight is 894 g/mol. The van der Waals surface area contributed by atoms with Crippen molar-refractivity contribution < 1.29 is 48.0 Å². The Bertz CT molecular complexity index is 2240. The number of aliphatic hydroxyl groups is 2. The molecule has 0 aromatic heterocycles. The molecule has 1 saturated heterocycles. The second-order valence-electron chi connectivity index (χ2n) is 20.4. The molecule has 5 aliphatic rings. The Labute approximate surface area is 379 Å². The minimum Gasteiger partial charge on any atom is -0.456 e. The maximum atomic E-state index is 15.5. The van der Waals surface area contributed by atoms with Crippen molar-refractivity contribution in [3.8, 4) is 0 Å². The molecule has 344 valence electrons. The number of ether oxygens (including phenoxy) is 4. The van der Waals surface area contributed by atoms with E-state index >= 15 is 4.79 Å². The average Bonchev–Trinajstić information content (AvgIpc) is 3.86. The zero-order chi connectivity index (χ0) is 46.0. The van der Waals surface area contributed by atoms with E-state index in [4.69, 9.17) is 23.4 Å². The standard InChI is InChI=1S/C52H67NO10Si/c1-10-64(11-2,12-3)63-41(39(33-22-16-13-17-23-33)53-45(54)34-24-18-14-19-25-34)47(56)59-37-31-52(58)44(60-46(55)35-26-20-15-21-27-35)42-50(9,29-28-36-30-51(36,42)57)43-40(61-49(7,8)62-43)38(32(37)4)48(52,5)6/h13-27,36-37,39-44,57-58H,10-12,28-31H2,1-9H3,(H,53,54)/t36-,37+,39+,40-,41-,42+,43+,44+,50-,51-,52-/m1/s1. The van der Waals surface area contributed by atoms with Crippen LogP contribution in [0, 0.1) is 22.7 Å². The molecule has 0 radical (unpaired) electrons. The van der Waals surface area contributed by atoms with Crippen molar-refractivity contribution in [1.29, 1.82) is 0 Å². The molecule has 11 nitrogen and oxygen atoms in total. The Morgan fingerprint density at radius 3 is 1.97 bits per heavy atom. The van der Waals surface area contributed by atoms with Crippen LogP contribution in [0.3, 0.4) is 0 Å². The van der Waals surface area contributed by atoms with Gasteiger partial charge in [0, 0.05) is 28.7 Å². The van der Waals surface area contributed by atoms with Crippen LogP contribution in [0.1, 0.15) is 120 Å². The van der Waals surface area contributed by atoms with Crippen LogP contribution >= 0.6 is 0 Å². The van der Waals surface area contributed by atoms with Gasteiger partial charge in [-0.2, -0.15) is 0 Å². The van der Waals surface area contributed by atoms with Crippen LogP contribution in [0.4, 0.5) is 0 Å².